The van der Waals surface area contributed by atoms with Gasteiger partial charge in [-0.3, -0.25) is 4.79 Å². The molecule has 2 rings (SSSR count). The second-order valence-electron chi connectivity index (χ2n) is 6.96. The molecule has 0 saturated carbocycles. The third-order valence-corrected chi connectivity index (χ3v) is 4.78. The molecular weight excluding hydrogens is 442 g/mol. The summed E-state index contributed by atoms with van der Waals surface area (Å²) in [5.41, 5.74) is 0.514. The zero-order valence-electron chi connectivity index (χ0n) is 16.0. The highest BCUT2D eigenvalue weighted by molar-refractivity contribution is 6.41. The van der Waals surface area contributed by atoms with Gasteiger partial charge >= 0.3 is 0 Å². The summed E-state index contributed by atoms with van der Waals surface area (Å²) in [5, 5.41) is 15.6. The molecular formula is C20H22Cl3FN2O3. The smallest absolute Gasteiger partial charge is 0.224 e. The molecule has 0 unspecified atom stereocenters. The minimum Gasteiger partial charge on any atom is -0.394 e. The molecule has 0 fully saturated rings. The van der Waals surface area contributed by atoms with Gasteiger partial charge in [0.1, 0.15) is 5.82 Å². The van der Waals surface area contributed by atoms with Gasteiger partial charge in [-0.1, -0.05) is 34.8 Å². The van der Waals surface area contributed by atoms with Crippen LogP contribution in [0.2, 0.25) is 15.1 Å². The van der Waals surface area contributed by atoms with Crippen molar-refractivity contribution in [3.8, 4) is 0 Å². The first-order valence-electron chi connectivity index (χ1n) is 8.83. The van der Waals surface area contributed by atoms with Gasteiger partial charge in [0.2, 0.25) is 5.91 Å². The molecule has 3 N–H and O–H groups in total. The highest BCUT2D eigenvalue weighted by Gasteiger charge is 2.20. The van der Waals surface area contributed by atoms with E-state index in [0.29, 0.717) is 26.4 Å². The summed E-state index contributed by atoms with van der Waals surface area (Å²) in [6.45, 7) is 3.85. The van der Waals surface area contributed by atoms with E-state index in [1.807, 2.05) is 0 Å². The Morgan fingerprint density at radius 3 is 2.45 bits per heavy atom. The maximum atomic E-state index is 14.2. The summed E-state index contributed by atoms with van der Waals surface area (Å²) in [5.74, 6) is -0.862. The minimum atomic E-state index is -0.650. The van der Waals surface area contributed by atoms with E-state index in [2.05, 4.69) is 10.6 Å². The van der Waals surface area contributed by atoms with Crippen molar-refractivity contribution in [1.29, 1.82) is 0 Å². The first-order valence-corrected chi connectivity index (χ1v) is 9.96. The Morgan fingerprint density at radius 1 is 1.17 bits per heavy atom. The van der Waals surface area contributed by atoms with Crippen LogP contribution in [-0.4, -0.2) is 36.4 Å². The normalized spacial score (nSPS) is 11.4. The zero-order chi connectivity index (χ0) is 21.6. The lowest BCUT2D eigenvalue weighted by molar-refractivity contribution is -0.122. The van der Waals surface area contributed by atoms with E-state index < -0.39 is 11.4 Å². The van der Waals surface area contributed by atoms with Crippen molar-refractivity contribution in [2.24, 2.45) is 0 Å². The van der Waals surface area contributed by atoms with E-state index >= 15 is 0 Å². The molecule has 2 aromatic carbocycles. The number of aliphatic hydroxyl groups excluding tert-OH is 1. The number of carbonyl (C=O) groups excluding carboxylic acids is 1. The van der Waals surface area contributed by atoms with Crippen molar-refractivity contribution in [2.45, 2.75) is 25.9 Å². The molecule has 5 nitrogen and oxygen atoms in total. The predicted octanol–water partition coefficient (Wildman–Crippen LogP) is 4.98. The van der Waals surface area contributed by atoms with E-state index in [4.69, 9.17) is 44.6 Å². The van der Waals surface area contributed by atoms with Crippen LogP contribution in [0, 0.1) is 5.82 Å². The number of rotatable bonds is 9. The van der Waals surface area contributed by atoms with Crippen molar-refractivity contribution >= 4 is 52.1 Å². The lowest BCUT2D eigenvalue weighted by atomic mass is 10.1. The molecule has 0 aliphatic rings. The summed E-state index contributed by atoms with van der Waals surface area (Å²) in [4.78, 5) is 12.2. The van der Waals surface area contributed by atoms with Crippen LogP contribution in [0.3, 0.4) is 0 Å². The van der Waals surface area contributed by atoms with Gasteiger partial charge < -0.3 is 20.5 Å². The molecule has 0 spiro atoms. The van der Waals surface area contributed by atoms with Crippen LogP contribution in [0.5, 0.6) is 0 Å². The van der Waals surface area contributed by atoms with Crippen LogP contribution in [0.1, 0.15) is 19.4 Å². The zero-order valence-corrected chi connectivity index (χ0v) is 18.3. The number of hydrogen-bond acceptors (Lipinski definition) is 4. The summed E-state index contributed by atoms with van der Waals surface area (Å²) < 4.78 is 19.6. The standard InChI is InChI=1S/C20H22Cl3FN2O3/c1-20(2,29-6-5-27)11-25-18(28)8-12-7-14(3-4-17(12)24)26-19-15(22)9-13(21)10-16(19)23/h3-4,7,9-10,26-27H,5-6,8,11H2,1-2H3,(H,25,28). The number of halogens is 4. The van der Waals surface area contributed by atoms with Gasteiger partial charge in [-0.05, 0) is 49.7 Å². The van der Waals surface area contributed by atoms with E-state index in [-0.39, 0.29) is 37.6 Å². The van der Waals surface area contributed by atoms with Crippen molar-refractivity contribution in [2.75, 3.05) is 25.1 Å². The van der Waals surface area contributed by atoms with E-state index in [1.165, 1.54) is 30.3 Å². The quantitative estimate of drug-likeness (QED) is 0.491. The molecule has 1 amide bonds. The summed E-state index contributed by atoms with van der Waals surface area (Å²) in [6, 6.07) is 7.37. The van der Waals surface area contributed by atoms with Crippen LogP contribution in [0.25, 0.3) is 0 Å². The molecule has 0 aliphatic carbocycles. The maximum Gasteiger partial charge on any atom is 0.224 e. The summed E-state index contributed by atoms with van der Waals surface area (Å²) in [6.07, 6.45) is -0.153. The topological polar surface area (TPSA) is 70.6 Å². The van der Waals surface area contributed by atoms with Gasteiger partial charge in [0.15, 0.2) is 0 Å². The van der Waals surface area contributed by atoms with Gasteiger partial charge in [0, 0.05) is 17.3 Å². The number of amides is 1. The van der Waals surface area contributed by atoms with Crippen molar-refractivity contribution < 1.29 is 19.0 Å². The van der Waals surface area contributed by atoms with Gasteiger partial charge in [-0.25, -0.2) is 4.39 Å². The number of aliphatic hydroxyl groups is 1. The Hall–Kier alpha value is -1.57. The lowest BCUT2D eigenvalue weighted by Crippen LogP contribution is -2.41. The van der Waals surface area contributed by atoms with E-state index in [9.17, 15) is 9.18 Å². The number of ether oxygens (including phenoxy) is 1. The molecule has 29 heavy (non-hydrogen) atoms. The fourth-order valence-electron chi connectivity index (χ4n) is 2.51. The number of anilines is 2. The molecule has 158 valence electrons. The van der Waals surface area contributed by atoms with Gasteiger partial charge in [0.05, 0.1) is 41.0 Å². The van der Waals surface area contributed by atoms with Gasteiger partial charge in [0.25, 0.3) is 0 Å². The molecule has 2 aromatic rings. The van der Waals surface area contributed by atoms with Crippen molar-refractivity contribution in [3.63, 3.8) is 0 Å². The summed E-state index contributed by atoms with van der Waals surface area (Å²) >= 11 is 18.2. The first-order chi connectivity index (χ1) is 13.6. The fourth-order valence-corrected chi connectivity index (χ4v) is 3.43. The second-order valence-corrected chi connectivity index (χ2v) is 8.21. The Kier molecular flexibility index (Phi) is 8.55. The Bertz CT molecular complexity index is 855. The molecule has 0 aromatic heterocycles. The SMILES string of the molecule is CC(C)(CNC(=O)Cc1cc(Nc2c(Cl)cc(Cl)cc2Cl)ccc1F)OCCO. The molecule has 0 saturated heterocycles. The third kappa shape index (κ3) is 7.32. The highest BCUT2D eigenvalue weighted by atomic mass is 35.5. The first kappa shape index (κ1) is 23.7. The molecule has 9 heteroatoms. The average molecular weight is 464 g/mol. The average Bonchev–Trinajstić information content (AvgIpc) is 2.64. The van der Waals surface area contributed by atoms with Crippen molar-refractivity contribution in [1.82, 2.24) is 5.32 Å². The van der Waals surface area contributed by atoms with Crippen LogP contribution < -0.4 is 10.6 Å². The fraction of sp³-hybridized carbons (Fsp3) is 0.350. The lowest BCUT2D eigenvalue weighted by Gasteiger charge is -2.25. The Labute approximate surface area is 184 Å². The van der Waals surface area contributed by atoms with Crippen molar-refractivity contribution in [3.05, 3.63) is 56.8 Å². The van der Waals surface area contributed by atoms with Gasteiger partial charge in [-0.2, -0.15) is 0 Å². The predicted molar refractivity (Wildman–Crippen MR) is 115 cm³/mol. The summed E-state index contributed by atoms with van der Waals surface area (Å²) in [7, 11) is 0. The number of benzene rings is 2. The Morgan fingerprint density at radius 2 is 1.83 bits per heavy atom. The number of hydrogen-bond donors (Lipinski definition) is 3. The van der Waals surface area contributed by atoms with E-state index in [1.54, 1.807) is 13.8 Å². The monoisotopic (exact) mass is 462 g/mol. The Balaban J connectivity index is 2.06. The molecule has 0 radical (unpaired) electrons. The van der Waals surface area contributed by atoms with Crippen LogP contribution in [0.4, 0.5) is 15.8 Å². The van der Waals surface area contributed by atoms with E-state index in [0.717, 1.165) is 0 Å². The largest absolute Gasteiger partial charge is 0.394 e. The van der Waals surface area contributed by atoms with Crippen LogP contribution in [-0.2, 0) is 16.0 Å². The maximum absolute atomic E-state index is 14.2. The van der Waals surface area contributed by atoms with Crippen LogP contribution in [0.15, 0.2) is 30.3 Å². The van der Waals surface area contributed by atoms with Crippen LogP contribution >= 0.6 is 34.8 Å². The number of carbonyl (C=O) groups is 1. The molecule has 0 heterocycles. The highest BCUT2D eigenvalue weighted by Crippen LogP contribution is 2.36. The molecule has 0 aliphatic heterocycles. The molecule has 0 bridgehead atoms. The third-order valence-electron chi connectivity index (χ3n) is 3.97. The minimum absolute atomic E-state index is 0.107. The molecule has 0 atom stereocenters. The second kappa shape index (κ2) is 10.5. The van der Waals surface area contributed by atoms with Gasteiger partial charge in [-0.15, -0.1) is 0 Å². The number of nitrogens with one attached hydrogen (secondary N) is 2.